The first-order valence-electron chi connectivity index (χ1n) is 13.1. The monoisotopic (exact) mass is 482 g/mol. The van der Waals surface area contributed by atoms with Gasteiger partial charge in [-0.15, -0.1) is 0 Å². The summed E-state index contributed by atoms with van der Waals surface area (Å²) in [6.07, 6.45) is 0. The molecule has 0 radical (unpaired) electrons. The van der Waals surface area contributed by atoms with Gasteiger partial charge in [-0.2, -0.15) is 0 Å². The zero-order valence-corrected chi connectivity index (χ0v) is 21.0. The van der Waals surface area contributed by atoms with Crippen LogP contribution < -0.4 is 0 Å². The van der Waals surface area contributed by atoms with E-state index >= 15 is 0 Å². The lowest BCUT2D eigenvalue weighted by atomic mass is 9.94. The van der Waals surface area contributed by atoms with E-state index < -0.39 is 0 Å². The second-order valence-electron chi connectivity index (χ2n) is 9.83. The molecular weight excluding hydrogens is 456 g/mol. The average Bonchev–Trinajstić information content (AvgIpc) is 3.01. The first kappa shape index (κ1) is 22.3. The van der Waals surface area contributed by atoms with Gasteiger partial charge in [0.15, 0.2) is 0 Å². The Balaban J connectivity index is 1.20. The Bertz CT molecular complexity index is 1880. The second kappa shape index (κ2) is 9.50. The van der Waals surface area contributed by atoms with Crippen LogP contribution in [-0.2, 0) is 0 Å². The van der Waals surface area contributed by atoms with Crippen LogP contribution in [0.2, 0.25) is 0 Å². The van der Waals surface area contributed by atoms with Gasteiger partial charge >= 0.3 is 0 Å². The Kier molecular flexibility index (Phi) is 5.57. The molecule has 0 amide bonds. The lowest BCUT2D eigenvalue weighted by Gasteiger charge is -2.10. The van der Waals surface area contributed by atoms with Crippen molar-refractivity contribution < 1.29 is 0 Å². The van der Waals surface area contributed by atoms with Gasteiger partial charge in [-0.1, -0.05) is 140 Å². The zero-order chi connectivity index (χ0) is 25.3. The number of rotatable bonds is 4. The van der Waals surface area contributed by atoms with Gasteiger partial charge < -0.3 is 0 Å². The lowest BCUT2D eigenvalue weighted by Crippen LogP contribution is -1.84. The minimum absolute atomic E-state index is 1.23. The van der Waals surface area contributed by atoms with Gasteiger partial charge in [0.05, 0.1) is 0 Å². The summed E-state index contributed by atoms with van der Waals surface area (Å²) in [5, 5.41) is 5.12. The molecule has 0 heteroatoms. The third kappa shape index (κ3) is 4.17. The Hall–Kier alpha value is -4.94. The third-order valence-corrected chi connectivity index (χ3v) is 7.46. The molecular formula is C38H26. The van der Waals surface area contributed by atoms with E-state index in [4.69, 9.17) is 0 Å². The fraction of sp³-hybridized carbons (Fsp3) is 0. The molecule has 0 N–H and O–H groups in total. The minimum Gasteiger partial charge on any atom is -0.0622 e. The highest BCUT2D eigenvalue weighted by Crippen LogP contribution is 2.33. The largest absolute Gasteiger partial charge is 0.0622 e. The van der Waals surface area contributed by atoms with E-state index in [9.17, 15) is 0 Å². The van der Waals surface area contributed by atoms with E-state index in [0.717, 1.165) is 0 Å². The summed E-state index contributed by atoms with van der Waals surface area (Å²) in [6, 6.07) is 57.0. The van der Waals surface area contributed by atoms with Crippen molar-refractivity contribution in [2.75, 3.05) is 0 Å². The van der Waals surface area contributed by atoms with E-state index in [1.54, 1.807) is 0 Å². The van der Waals surface area contributed by atoms with Crippen molar-refractivity contribution in [3.8, 4) is 44.5 Å². The van der Waals surface area contributed by atoms with Crippen LogP contribution in [-0.4, -0.2) is 0 Å². The molecule has 178 valence electrons. The third-order valence-electron chi connectivity index (χ3n) is 7.46. The predicted octanol–water partition coefficient (Wildman–Crippen LogP) is 10.7. The first-order chi connectivity index (χ1) is 18.8. The molecule has 38 heavy (non-hydrogen) atoms. The summed E-state index contributed by atoms with van der Waals surface area (Å²) in [7, 11) is 0. The van der Waals surface area contributed by atoms with Crippen molar-refractivity contribution in [3.63, 3.8) is 0 Å². The number of benzene rings is 7. The summed E-state index contributed by atoms with van der Waals surface area (Å²) < 4.78 is 0. The molecule has 0 aromatic heterocycles. The molecule has 0 saturated carbocycles. The summed E-state index contributed by atoms with van der Waals surface area (Å²) in [4.78, 5) is 0. The Morgan fingerprint density at radius 3 is 1.00 bits per heavy atom. The maximum atomic E-state index is 2.31. The van der Waals surface area contributed by atoms with Crippen LogP contribution in [0.5, 0.6) is 0 Å². The highest BCUT2D eigenvalue weighted by Gasteiger charge is 2.07. The van der Waals surface area contributed by atoms with Gasteiger partial charge in [0, 0.05) is 0 Å². The molecule has 0 aliphatic carbocycles. The first-order valence-corrected chi connectivity index (χ1v) is 13.1. The van der Waals surface area contributed by atoms with Crippen molar-refractivity contribution in [1.29, 1.82) is 0 Å². The Labute approximate surface area is 223 Å². The van der Waals surface area contributed by atoms with Crippen LogP contribution in [0.1, 0.15) is 0 Å². The van der Waals surface area contributed by atoms with Crippen LogP contribution in [0.4, 0.5) is 0 Å². The van der Waals surface area contributed by atoms with Crippen molar-refractivity contribution in [3.05, 3.63) is 158 Å². The maximum absolute atomic E-state index is 2.31. The molecule has 7 aromatic carbocycles. The molecule has 7 aromatic rings. The molecule has 0 spiro atoms. The summed E-state index contributed by atoms with van der Waals surface area (Å²) >= 11 is 0. The quantitative estimate of drug-likeness (QED) is 0.219. The van der Waals surface area contributed by atoms with Gasteiger partial charge in [-0.05, 0) is 84.3 Å². The SMILES string of the molecule is c1ccc(-c2cccc(-c3ccc(-c4ccc5c(ccc6cc(-c7ccccc7)ccc65)c4)cc3)c2)cc1. The van der Waals surface area contributed by atoms with Crippen LogP contribution in [0.3, 0.4) is 0 Å². The molecule has 7 rings (SSSR count). The van der Waals surface area contributed by atoms with Gasteiger partial charge in [0.1, 0.15) is 0 Å². The van der Waals surface area contributed by atoms with Crippen molar-refractivity contribution >= 4 is 21.5 Å². The normalized spacial score (nSPS) is 11.2. The standard InChI is InChI=1S/C38H26/c1-3-8-27(9-4-1)31-12-7-13-32(24-31)29-14-16-30(17-15-29)34-21-23-38-36(26-34)19-18-35-25-33(20-22-37(35)38)28-10-5-2-6-11-28/h1-26H. The maximum Gasteiger partial charge on any atom is -0.0105 e. The van der Waals surface area contributed by atoms with E-state index in [0.29, 0.717) is 0 Å². The fourth-order valence-corrected chi connectivity index (χ4v) is 5.43. The molecule has 0 aliphatic heterocycles. The van der Waals surface area contributed by atoms with E-state index in [1.807, 2.05) is 0 Å². The highest BCUT2D eigenvalue weighted by atomic mass is 14.1. The van der Waals surface area contributed by atoms with E-state index in [2.05, 4.69) is 158 Å². The Morgan fingerprint density at radius 2 is 0.553 bits per heavy atom. The van der Waals surface area contributed by atoms with E-state index in [-0.39, 0.29) is 0 Å². The van der Waals surface area contributed by atoms with E-state index in [1.165, 1.54) is 66.1 Å². The Morgan fingerprint density at radius 1 is 0.211 bits per heavy atom. The topological polar surface area (TPSA) is 0 Å². The number of hydrogen-bond donors (Lipinski definition) is 0. The fourth-order valence-electron chi connectivity index (χ4n) is 5.43. The average molecular weight is 483 g/mol. The van der Waals surface area contributed by atoms with Gasteiger partial charge in [0.2, 0.25) is 0 Å². The molecule has 0 fully saturated rings. The summed E-state index contributed by atoms with van der Waals surface area (Å²) in [6.45, 7) is 0. The number of fused-ring (bicyclic) bond motifs is 3. The number of hydrogen-bond acceptors (Lipinski definition) is 0. The minimum atomic E-state index is 1.23. The smallest absolute Gasteiger partial charge is 0.0105 e. The van der Waals surface area contributed by atoms with Gasteiger partial charge in [-0.3, -0.25) is 0 Å². The molecule has 0 atom stereocenters. The van der Waals surface area contributed by atoms with Crippen LogP contribution >= 0.6 is 0 Å². The molecule has 0 saturated heterocycles. The van der Waals surface area contributed by atoms with Crippen LogP contribution in [0, 0.1) is 0 Å². The van der Waals surface area contributed by atoms with Crippen molar-refractivity contribution in [1.82, 2.24) is 0 Å². The van der Waals surface area contributed by atoms with Gasteiger partial charge in [0.25, 0.3) is 0 Å². The highest BCUT2D eigenvalue weighted by molar-refractivity contribution is 6.09. The van der Waals surface area contributed by atoms with Crippen LogP contribution in [0.15, 0.2) is 158 Å². The summed E-state index contributed by atoms with van der Waals surface area (Å²) in [5.74, 6) is 0. The molecule has 0 nitrogen and oxygen atoms in total. The second-order valence-corrected chi connectivity index (χ2v) is 9.83. The lowest BCUT2D eigenvalue weighted by molar-refractivity contribution is 1.58. The molecule has 0 unspecified atom stereocenters. The van der Waals surface area contributed by atoms with Crippen molar-refractivity contribution in [2.24, 2.45) is 0 Å². The predicted molar refractivity (Wildman–Crippen MR) is 163 cm³/mol. The molecule has 0 bridgehead atoms. The van der Waals surface area contributed by atoms with Crippen LogP contribution in [0.25, 0.3) is 66.1 Å². The molecule has 0 aliphatic rings. The molecule has 0 heterocycles. The summed E-state index contributed by atoms with van der Waals surface area (Å²) in [5.41, 5.74) is 9.92. The zero-order valence-electron chi connectivity index (χ0n) is 21.0. The van der Waals surface area contributed by atoms with Gasteiger partial charge in [-0.25, -0.2) is 0 Å². The van der Waals surface area contributed by atoms with Crippen molar-refractivity contribution in [2.45, 2.75) is 0 Å².